The molecule has 0 spiro atoms. The summed E-state index contributed by atoms with van der Waals surface area (Å²) in [5.74, 6) is -0.207. The summed E-state index contributed by atoms with van der Waals surface area (Å²) >= 11 is 6.00. The van der Waals surface area contributed by atoms with Crippen LogP contribution in [0.1, 0.15) is 10.4 Å². The monoisotopic (exact) mass is 274 g/mol. The molecule has 0 fully saturated rings. The fourth-order valence-corrected chi connectivity index (χ4v) is 1.93. The Bertz CT molecular complexity index is 596. The van der Waals surface area contributed by atoms with Gasteiger partial charge in [0.05, 0.1) is 10.6 Å². The second kappa shape index (κ2) is 5.76. The third-order valence-electron chi connectivity index (χ3n) is 2.74. The lowest BCUT2D eigenvalue weighted by molar-refractivity contribution is 0.102. The van der Waals surface area contributed by atoms with E-state index in [9.17, 15) is 4.79 Å². The second-order valence-electron chi connectivity index (χ2n) is 4.38. The van der Waals surface area contributed by atoms with Crippen LogP contribution in [-0.2, 0) is 0 Å². The van der Waals surface area contributed by atoms with Crippen molar-refractivity contribution in [3.8, 4) is 0 Å². The topological polar surface area (TPSA) is 32.3 Å². The fourth-order valence-electron chi connectivity index (χ4n) is 1.71. The molecule has 0 heterocycles. The highest BCUT2D eigenvalue weighted by molar-refractivity contribution is 6.34. The van der Waals surface area contributed by atoms with Crippen molar-refractivity contribution in [1.82, 2.24) is 0 Å². The molecule has 0 saturated carbocycles. The van der Waals surface area contributed by atoms with Gasteiger partial charge in [-0.15, -0.1) is 0 Å². The summed E-state index contributed by atoms with van der Waals surface area (Å²) in [6.07, 6.45) is 0. The maximum absolute atomic E-state index is 12.1. The Labute approximate surface area is 117 Å². The molecule has 0 bridgehead atoms. The number of hydrogen-bond donors (Lipinski definition) is 1. The first kappa shape index (κ1) is 13.4. The summed E-state index contributed by atoms with van der Waals surface area (Å²) in [6.45, 7) is 0. The van der Waals surface area contributed by atoms with Gasteiger partial charge in [-0.05, 0) is 30.3 Å². The van der Waals surface area contributed by atoms with Gasteiger partial charge in [-0.2, -0.15) is 0 Å². The molecule has 0 saturated heterocycles. The average Bonchev–Trinajstić information content (AvgIpc) is 2.39. The van der Waals surface area contributed by atoms with Crippen molar-refractivity contribution >= 4 is 28.9 Å². The number of nitrogens with zero attached hydrogens (tertiary/aromatic N) is 1. The lowest BCUT2D eigenvalue weighted by Crippen LogP contribution is -2.13. The summed E-state index contributed by atoms with van der Waals surface area (Å²) < 4.78 is 0. The van der Waals surface area contributed by atoms with Crippen molar-refractivity contribution in [2.45, 2.75) is 0 Å². The van der Waals surface area contributed by atoms with Gasteiger partial charge in [0, 0.05) is 25.5 Å². The third-order valence-corrected chi connectivity index (χ3v) is 3.07. The SMILES string of the molecule is CN(C)c1cccc(NC(=O)c2ccccc2Cl)c1. The molecular weight excluding hydrogens is 260 g/mol. The van der Waals surface area contributed by atoms with Crippen LogP contribution in [0.2, 0.25) is 5.02 Å². The van der Waals surface area contributed by atoms with Gasteiger partial charge in [0.2, 0.25) is 0 Å². The molecule has 2 aromatic rings. The maximum atomic E-state index is 12.1. The summed E-state index contributed by atoms with van der Waals surface area (Å²) in [4.78, 5) is 14.1. The summed E-state index contributed by atoms with van der Waals surface area (Å²) in [5, 5.41) is 3.29. The van der Waals surface area contributed by atoms with E-state index >= 15 is 0 Å². The lowest BCUT2D eigenvalue weighted by Gasteiger charge is -2.14. The molecule has 1 N–H and O–H groups in total. The molecule has 0 unspecified atom stereocenters. The van der Waals surface area contributed by atoms with Crippen LogP contribution >= 0.6 is 11.6 Å². The molecule has 4 heteroatoms. The molecule has 0 radical (unpaired) electrons. The number of nitrogens with one attached hydrogen (secondary N) is 1. The number of carbonyl (C=O) groups excluding carboxylic acids is 1. The molecule has 98 valence electrons. The molecule has 2 aromatic carbocycles. The highest BCUT2D eigenvalue weighted by Crippen LogP contribution is 2.20. The standard InChI is InChI=1S/C15H15ClN2O/c1-18(2)12-7-5-6-11(10-12)17-15(19)13-8-3-4-9-14(13)16/h3-10H,1-2H3,(H,17,19). The summed E-state index contributed by atoms with van der Waals surface area (Å²) in [5.41, 5.74) is 2.24. The number of anilines is 2. The van der Waals surface area contributed by atoms with Gasteiger partial charge in [0.15, 0.2) is 0 Å². The number of rotatable bonds is 3. The maximum Gasteiger partial charge on any atom is 0.257 e. The van der Waals surface area contributed by atoms with Gasteiger partial charge in [-0.1, -0.05) is 29.8 Å². The van der Waals surface area contributed by atoms with Gasteiger partial charge in [0.25, 0.3) is 5.91 Å². The van der Waals surface area contributed by atoms with Crippen LogP contribution in [0.25, 0.3) is 0 Å². The molecule has 1 amide bonds. The van der Waals surface area contributed by atoms with E-state index in [1.54, 1.807) is 24.3 Å². The zero-order chi connectivity index (χ0) is 13.8. The Hall–Kier alpha value is -2.00. The van der Waals surface area contributed by atoms with Gasteiger partial charge in [0.1, 0.15) is 0 Å². The third kappa shape index (κ3) is 3.26. The summed E-state index contributed by atoms with van der Waals surface area (Å²) in [6, 6.07) is 14.6. The molecule has 3 nitrogen and oxygen atoms in total. The molecule has 0 aromatic heterocycles. The quantitative estimate of drug-likeness (QED) is 0.926. The van der Waals surface area contributed by atoms with Crippen LogP contribution in [0.5, 0.6) is 0 Å². The van der Waals surface area contributed by atoms with Crippen LogP contribution in [0, 0.1) is 0 Å². The number of carbonyl (C=O) groups is 1. The van der Waals surface area contributed by atoms with E-state index in [0.29, 0.717) is 10.6 Å². The van der Waals surface area contributed by atoms with Crippen LogP contribution in [0.4, 0.5) is 11.4 Å². The van der Waals surface area contributed by atoms with E-state index in [4.69, 9.17) is 11.6 Å². The minimum Gasteiger partial charge on any atom is -0.378 e. The number of amides is 1. The number of benzene rings is 2. The van der Waals surface area contributed by atoms with Crippen molar-refractivity contribution in [3.63, 3.8) is 0 Å². The molecule has 0 aliphatic carbocycles. The van der Waals surface area contributed by atoms with Crippen molar-refractivity contribution < 1.29 is 4.79 Å². The van der Waals surface area contributed by atoms with Gasteiger partial charge in [-0.25, -0.2) is 0 Å². The zero-order valence-corrected chi connectivity index (χ0v) is 11.6. The van der Waals surface area contributed by atoms with Crippen LogP contribution in [0.15, 0.2) is 48.5 Å². The van der Waals surface area contributed by atoms with E-state index in [2.05, 4.69) is 5.32 Å². The van der Waals surface area contributed by atoms with Crippen LogP contribution in [0.3, 0.4) is 0 Å². The Balaban J connectivity index is 2.20. The molecular formula is C15H15ClN2O. The Kier molecular flexibility index (Phi) is 4.07. The number of hydrogen-bond acceptors (Lipinski definition) is 2. The Morgan fingerprint density at radius 2 is 1.84 bits per heavy atom. The minimum atomic E-state index is -0.207. The average molecular weight is 275 g/mol. The van der Waals surface area contributed by atoms with Gasteiger partial charge < -0.3 is 10.2 Å². The zero-order valence-electron chi connectivity index (χ0n) is 10.9. The van der Waals surface area contributed by atoms with E-state index < -0.39 is 0 Å². The Morgan fingerprint density at radius 1 is 1.11 bits per heavy atom. The van der Waals surface area contributed by atoms with Crippen LogP contribution in [-0.4, -0.2) is 20.0 Å². The van der Waals surface area contributed by atoms with E-state index in [1.165, 1.54) is 0 Å². The van der Waals surface area contributed by atoms with Crippen molar-refractivity contribution in [2.75, 3.05) is 24.3 Å². The smallest absolute Gasteiger partial charge is 0.257 e. The first-order valence-corrected chi connectivity index (χ1v) is 6.29. The predicted octanol–water partition coefficient (Wildman–Crippen LogP) is 3.66. The van der Waals surface area contributed by atoms with Crippen molar-refractivity contribution in [1.29, 1.82) is 0 Å². The molecule has 0 aliphatic heterocycles. The molecule has 19 heavy (non-hydrogen) atoms. The van der Waals surface area contributed by atoms with Crippen LogP contribution < -0.4 is 10.2 Å². The molecule has 2 rings (SSSR count). The first-order valence-electron chi connectivity index (χ1n) is 5.91. The summed E-state index contributed by atoms with van der Waals surface area (Å²) in [7, 11) is 3.91. The largest absolute Gasteiger partial charge is 0.378 e. The predicted molar refractivity (Wildman–Crippen MR) is 80.2 cm³/mol. The molecule has 0 aliphatic rings. The van der Waals surface area contributed by atoms with E-state index in [1.807, 2.05) is 43.3 Å². The van der Waals surface area contributed by atoms with Gasteiger partial charge >= 0.3 is 0 Å². The normalized spacial score (nSPS) is 10.1. The van der Waals surface area contributed by atoms with E-state index in [-0.39, 0.29) is 5.91 Å². The minimum absolute atomic E-state index is 0.207. The first-order chi connectivity index (χ1) is 9.08. The highest BCUT2D eigenvalue weighted by atomic mass is 35.5. The van der Waals surface area contributed by atoms with E-state index in [0.717, 1.165) is 11.4 Å². The highest BCUT2D eigenvalue weighted by Gasteiger charge is 2.09. The lowest BCUT2D eigenvalue weighted by atomic mass is 10.2. The van der Waals surface area contributed by atoms with Crippen molar-refractivity contribution in [3.05, 3.63) is 59.1 Å². The van der Waals surface area contributed by atoms with Gasteiger partial charge in [-0.3, -0.25) is 4.79 Å². The second-order valence-corrected chi connectivity index (χ2v) is 4.79. The number of halogens is 1. The van der Waals surface area contributed by atoms with Crippen molar-refractivity contribution in [2.24, 2.45) is 0 Å². The fraction of sp³-hybridized carbons (Fsp3) is 0.133. The molecule has 0 atom stereocenters. The Morgan fingerprint density at radius 3 is 2.53 bits per heavy atom.